The van der Waals surface area contributed by atoms with Gasteiger partial charge in [-0.15, -0.1) is 11.8 Å². The van der Waals surface area contributed by atoms with Gasteiger partial charge in [0.25, 0.3) is 10.0 Å². The summed E-state index contributed by atoms with van der Waals surface area (Å²) in [5.41, 5.74) is 4.01. The van der Waals surface area contributed by atoms with E-state index in [9.17, 15) is 13.2 Å². The number of hydrogen-bond donors (Lipinski definition) is 1. The second-order valence-corrected chi connectivity index (χ2v) is 12.0. The zero-order valence-electron chi connectivity index (χ0n) is 22.3. The van der Waals surface area contributed by atoms with Crippen LogP contribution in [0, 0.1) is 13.8 Å². The molecule has 0 heterocycles. The zero-order valence-corrected chi connectivity index (χ0v) is 23.9. The van der Waals surface area contributed by atoms with Crippen LogP contribution in [0.4, 0.5) is 11.4 Å². The Hall–Kier alpha value is -3.75. The summed E-state index contributed by atoms with van der Waals surface area (Å²) >= 11 is 1.74. The molecule has 1 N–H and O–H groups in total. The number of benzene rings is 4. The fourth-order valence-electron chi connectivity index (χ4n) is 3.99. The molecule has 0 radical (unpaired) electrons. The first-order chi connectivity index (χ1) is 18.8. The van der Waals surface area contributed by atoms with Crippen LogP contribution in [-0.4, -0.2) is 27.5 Å². The number of thioether (sulfide) groups is 1. The SMILES string of the molecule is CCOc1ccc(N(CC(=O)Nc2ccc(CSc3ccccc3)cc2C)S(=O)(=O)c2ccc(C)cc2)cc1. The lowest BCUT2D eigenvalue weighted by Gasteiger charge is -2.24. The third kappa shape index (κ3) is 7.43. The van der Waals surface area contributed by atoms with Crippen LogP contribution in [0.15, 0.2) is 107 Å². The lowest BCUT2D eigenvalue weighted by atomic mass is 10.1. The van der Waals surface area contributed by atoms with Gasteiger partial charge in [0.05, 0.1) is 17.2 Å². The molecule has 0 fully saturated rings. The molecule has 4 aromatic rings. The highest BCUT2D eigenvalue weighted by atomic mass is 32.2. The van der Waals surface area contributed by atoms with Gasteiger partial charge in [0, 0.05) is 16.3 Å². The standard InChI is InChI=1S/C31H32N2O4S2/c1-4-37-27-15-13-26(14-16-27)33(39(35,36)29-17-10-23(2)11-18-29)21-31(34)32-30-19-12-25(20-24(30)3)22-38-28-8-6-5-7-9-28/h5-20H,4,21-22H2,1-3H3,(H,32,34). The predicted molar refractivity (Wildman–Crippen MR) is 159 cm³/mol. The van der Waals surface area contributed by atoms with Gasteiger partial charge in [-0.25, -0.2) is 8.42 Å². The molecule has 4 rings (SSSR count). The maximum atomic E-state index is 13.7. The quantitative estimate of drug-likeness (QED) is 0.204. The monoisotopic (exact) mass is 560 g/mol. The Labute approximate surface area is 235 Å². The lowest BCUT2D eigenvalue weighted by Crippen LogP contribution is -2.38. The van der Waals surface area contributed by atoms with Gasteiger partial charge in [-0.1, -0.05) is 48.0 Å². The summed E-state index contributed by atoms with van der Waals surface area (Å²) in [6.07, 6.45) is 0. The third-order valence-corrected chi connectivity index (χ3v) is 8.92. The van der Waals surface area contributed by atoms with E-state index in [0.29, 0.717) is 23.7 Å². The third-order valence-electron chi connectivity index (χ3n) is 6.05. The number of ether oxygens (including phenoxy) is 1. The molecule has 0 bridgehead atoms. The highest BCUT2D eigenvalue weighted by Crippen LogP contribution is 2.28. The van der Waals surface area contributed by atoms with E-state index < -0.39 is 15.9 Å². The van der Waals surface area contributed by atoms with E-state index in [1.807, 2.05) is 57.2 Å². The summed E-state index contributed by atoms with van der Waals surface area (Å²) < 4.78 is 33.9. The van der Waals surface area contributed by atoms with Gasteiger partial charge < -0.3 is 10.1 Å². The molecule has 4 aromatic carbocycles. The fraction of sp³-hybridized carbons (Fsp3) is 0.194. The van der Waals surface area contributed by atoms with Crippen LogP contribution in [0.3, 0.4) is 0 Å². The van der Waals surface area contributed by atoms with Crippen LogP contribution in [-0.2, 0) is 20.6 Å². The van der Waals surface area contributed by atoms with E-state index in [2.05, 4.69) is 17.4 Å². The minimum Gasteiger partial charge on any atom is -0.494 e. The molecule has 39 heavy (non-hydrogen) atoms. The van der Waals surface area contributed by atoms with Crippen molar-refractivity contribution in [2.45, 2.75) is 36.3 Å². The van der Waals surface area contributed by atoms with Crippen molar-refractivity contribution in [2.24, 2.45) is 0 Å². The molecule has 0 saturated heterocycles. The second-order valence-electron chi connectivity index (χ2n) is 9.05. The number of anilines is 2. The molecule has 0 aliphatic carbocycles. The van der Waals surface area contributed by atoms with Gasteiger partial charge in [0.15, 0.2) is 0 Å². The van der Waals surface area contributed by atoms with Crippen LogP contribution in [0.1, 0.15) is 23.6 Å². The van der Waals surface area contributed by atoms with E-state index in [1.165, 1.54) is 4.90 Å². The molecule has 0 atom stereocenters. The Morgan fingerprint density at radius 2 is 1.59 bits per heavy atom. The first-order valence-electron chi connectivity index (χ1n) is 12.7. The molecular formula is C31H32N2O4S2. The topological polar surface area (TPSA) is 75.7 Å². The molecule has 0 spiro atoms. The van der Waals surface area contributed by atoms with Gasteiger partial charge in [-0.2, -0.15) is 0 Å². The van der Waals surface area contributed by atoms with Crippen LogP contribution < -0.4 is 14.4 Å². The van der Waals surface area contributed by atoms with Crippen LogP contribution in [0.2, 0.25) is 0 Å². The summed E-state index contributed by atoms with van der Waals surface area (Å²) in [5.74, 6) is 0.993. The molecular weight excluding hydrogens is 528 g/mol. The Balaban J connectivity index is 1.52. The molecule has 6 nitrogen and oxygen atoms in total. The number of hydrogen-bond acceptors (Lipinski definition) is 5. The van der Waals surface area contributed by atoms with Gasteiger partial charge in [0.1, 0.15) is 12.3 Å². The van der Waals surface area contributed by atoms with Gasteiger partial charge >= 0.3 is 0 Å². The Kier molecular flexibility index (Phi) is 9.32. The van der Waals surface area contributed by atoms with Gasteiger partial charge in [0.2, 0.25) is 5.91 Å². The molecule has 0 aromatic heterocycles. The molecule has 1 amide bonds. The number of nitrogens with one attached hydrogen (secondary N) is 1. The predicted octanol–water partition coefficient (Wildman–Crippen LogP) is 6.83. The summed E-state index contributed by atoms with van der Waals surface area (Å²) in [4.78, 5) is 14.5. The number of aryl methyl sites for hydroxylation is 2. The molecule has 0 saturated carbocycles. The minimum atomic E-state index is -4.00. The molecule has 0 aliphatic rings. The van der Waals surface area contributed by atoms with Crippen molar-refractivity contribution >= 4 is 39.1 Å². The maximum Gasteiger partial charge on any atom is 0.264 e. The van der Waals surface area contributed by atoms with Crippen molar-refractivity contribution in [1.29, 1.82) is 0 Å². The van der Waals surface area contributed by atoms with Crippen molar-refractivity contribution in [1.82, 2.24) is 0 Å². The van der Waals surface area contributed by atoms with E-state index in [-0.39, 0.29) is 11.4 Å². The van der Waals surface area contributed by atoms with Crippen LogP contribution in [0.25, 0.3) is 0 Å². The molecule has 202 valence electrons. The highest BCUT2D eigenvalue weighted by Gasteiger charge is 2.27. The van der Waals surface area contributed by atoms with E-state index in [0.717, 1.165) is 26.7 Å². The molecule has 8 heteroatoms. The maximum absolute atomic E-state index is 13.7. The highest BCUT2D eigenvalue weighted by molar-refractivity contribution is 7.98. The number of rotatable bonds is 11. The zero-order chi connectivity index (χ0) is 27.8. The summed E-state index contributed by atoms with van der Waals surface area (Å²) in [6, 6.07) is 29.3. The average molecular weight is 561 g/mol. The van der Waals surface area contributed by atoms with Crippen molar-refractivity contribution in [3.63, 3.8) is 0 Å². The number of carbonyl (C=O) groups is 1. The van der Waals surface area contributed by atoms with Crippen LogP contribution in [0.5, 0.6) is 5.75 Å². The Bertz CT molecular complexity index is 1500. The Morgan fingerprint density at radius 3 is 2.23 bits per heavy atom. The van der Waals surface area contributed by atoms with Crippen molar-refractivity contribution in [2.75, 3.05) is 22.8 Å². The smallest absolute Gasteiger partial charge is 0.264 e. The van der Waals surface area contributed by atoms with E-state index in [1.54, 1.807) is 60.3 Å². The number of carbonyl (C=O) groups excluding carboxylic acids is 1. The van der Waals surface area contributed by atoms with Crippen LogP contribution >= 0.6 is 11.8 Å². The normalized spacial score (nSPS) is 11.2. The average Bonchev–Trinajstić information content (AvgIpc) is 2.93. The fourth-order valence-corrected chi connectivity index (χ4v) is 6.27. The van der Waals surface area contributed by atoms with Crippen molar-refractivity contribution in [3.8, 4) is 5.75 Å². The number of nitrogens with zero attached hydrogens (tertiary/aromatic N) is 1. The summed E-state index contributed by atoms with van der Waals surface area (Å²) in [6.45, 7) is 5.82. The van der Waals surface area contributed by atoms with E-state index >= 15 is 0 Å². The van der Waals surface area contributed by atoms with Gasteiger partial charge in [-0.3, -0.25) is 9.10 Å². The summed E-state index contributed by atoms with van der Waals surface area (Å²) in [7, 11) is -4.00. The first kappa shape index (κ1) is 28.3. The summed E-state index contributed by atoms with van der Waals surface area (Å²) in [5, 5.41) is 2.90. The molecule has 0 aliphatic heterocycles. The Morgan fingerprint density at radius 1 is 0.897 bits per heavy atom. The van der Waals surface area contributed by atoms with Crippen molar-refractivity contribution in [3.05, 3.63) is 114 Å². The van der Waals surface area contributed by atoms with Gasteiger partial charge in [-0.05, 0) is 86.5 Å². The number of sulfonamides is 1. The van der Waals surface area contributed by atoms with Crippen molar-refractivity contribution < 1.29 is 17.9 Å². The lowest BCUT2D eigenvalue weighted by molar-refractivity contribution is -0.114. The molecule has 0 unspecified atom stereocenters. The minimum absolute atomic E-state index is 0.117. The number of amides is 1. The largest absolute Gasteiger partial charge is 0.494 e. The van der Waals surface area contributed by atoms with E-state index in [4.69, 9.17) is 4.74 Å². The second kappa shape index (κ2) is 12.9. The first-order valence-corrected chi connectivity index (χ1v) is 15.1.